The minimum absolute atomic E-state index is 0.0534. The van der Waals surface area contributed by atoms with Crippen LogP contribution in [0.25, 0.3) is 11.1 Å². The molecule has 1 aliphatic rings. The van der Waals surface area contributed by atoms with Crippen molar-refractivity contribution in [1.29, 1.82) is 0 Å². The molecular weight excluding hydrogens is 240 g/mol. The van der Waals surface area contributed by atoms with Crippen molar-refractivity contribution in [3.05, 3.63) is 42.2 Å². The van der Waals surface area contributed by atoms with Crippen LogP contribution in [-0.4, -0.2) is 28.1 Å². The van der Waals surface area contributed by atoms with E-state index in [-0.39, 0.29) is 6.61 Å². The molecule has 4 nitrogen and oxygen atoms in total. The molecule has 1 aromatic carbocycles. The number of nitrogens with zero attached hydrogens (tertiary/aromatic N) is 2. The van der Waals surface area contributed by atoms with Gasteiger partial charge in [0.25, 0.3) is 0 Å². The zero-order valence-electron chi connectivity index (χ0n) is 10.8. The third-order valence-electron chi connectivity index (χ3n) is 3.60. The molecule has 0 bridgehead atoms. The maximum absolute atomic E-state index is 9.37. The second kappa shape index (κ2) is 5.55. The van der Waals surface area contributed by atoms with E-state index < -0.39 is 0 Å². The first-order valence-electron chi connectivity index (χ1n) is 6.66. The predicted octanol–water partition coefficient (Wildman–Crippen LogP) is 2.08. The van der Waals surface area contributed by atoms with Crippen molar-refractivity contribution in [2.75, 3.05) is 13.2 Å². The Hall–Kier alpha value is -1.65. The number of aromatic nitrogens is 2. The minimum Gasteiger partial charge on any atom is -0.392 e. The quantitative estimate of drug-likeness (QED) is 0.913. The van der Waals surface area contributed by atoms with Crippen molar-refractivity contribution >= 4 is 0 Å². The van der Waals surface area contributed by atoms with Gasteiger partial charge in [-0.2, -0.15) is 5.10 Å². The number of ether oxygens (including phenoxy) is 1. The fourth-order valence-corrected chi connectivity index (χ4v) is 2.53. The molecule has 0 spiro atoms. The summed E-state index contributed by atoms with van der Waals surface area (Å²) in [6, 6.07) is 7.88. The molecule has 4 heteroatoms. The molecule has 2 heterocycles. The van der Waals surface area contributed by atoms with Crippen LogP contribution in [0.2, 0.25) is 0 Å². The van der Waals surface area contributed by atoms with E-state index in [1.165, 1.54) is 0 Å². The fourth-order valence-electron chi connectivity index (χ4n) is 2.53. The van der Waals surface area contributed by atoms with Gasteiger partial charge in [0.1, 0.15) is 0 Å². The molecule has 1 aromatic heterocycles. The maximum Gasteiger partial charge on any atom is 0.0687 e. The van der Waals surface area contributed by atoms with E-state index >= 15 is 0 Å². The summed E-state index contributed by atoms with van der Waals surface area (Å²) < 4.78 is 7.36. The summed E-state index contributed by atoms with van der Waals surface area (Å²) in [7, 11) is 0. The standard InChI is InChI=1S/C15H18N2O2/c18-10-13-3-1-2-4-15(13)14-7-16-17(9-14)8-12-5-6-19-11-12/h1-4,7,9,12,18H,5-6,8,10-11H2. The summed E-state index contributed by atoms with van der Waals surface area (Å²) in [4.78, 5) is 0. The van der Waals surface area contributed by atoms with Crippen LogP contribution < -0.4 is 0 Å². The molecule has 1 unspecified atom stereocenters. The van der Waals surface area contributed by atoms with Gasteiger partial charge in [-0.1, -0.05) is 24.3 Å². The average molecular weight is 258 g/mol. The van der Waals surface area contributed by atoms with Crippen LogP contribution in [0.15, 0.2) is 36.7 Å². The summed E-state index contributed by atoms with van der Waals surface area (Å²) in [5.41, 5.74) is 3.05. The average Bonchev–Trinajstić information content (AvgIpc) is 3.11. The number of hydrogen-bond acceptors (Lipinski definition) is 3. The van der Waals surface area contributed by atoms with Crippen molar-refractivity contribution in [1.82, 2.24) is 9.78 Å². The lowest BCUT2D eigenvalue weighted by Crippen LogP contribution is -2.10. The van der Waals surface area contributed by atoms with E-state index in [2.05, 4.69) is 5.10 Å². The van der Waals surface area contributed by atoms with E-state index in [1.54, 1.807) is 0 Å². The molecule has 1 aliphatic heterocycles. The molecule has 3 rings (SSSR count). The molecule has 1 saturated heterocycles. The summed E-state index contributed by atoms with van der Waals surface area (Å²) in [6.07, 6.45) is 5.03. The minimum atomic E-state index is 0.0534. The Kier molecular flexibility index (Phi) is 3.62. The van der Waals surface area contributed by atoms with Crippen LogP contribution in [0.3, 0.4) is 0 Å². The Bertz CT molecular complexity index is 545. The van der Waals surface area contributed by atoms with E-state index in [1.807, 2.05) is 41.3 Å². The summed E-state index contributed by atoms with van der Waals surface area (Å²) in [5.74, 6) is 0.570. The molecule has 1 fully saturated rings. The Morgan fingerprint density at radius 1 is 1.37 bits per heavy atom. The van der Waals surface area contributed by atoms with Gasteiger partial charge in [-0.05, 0) is 17.5 Å². The SMILES string of the molecule is OCc1ccccc1-c1cnn(CC2CCOC2)c1. The van der Waals surface area contributed by atoms with Crippen molar-refractivity contribution in [3.63, 3.8) is 0 Å². The van der Waals surface area contributed by atoms with Crippen LogP contribution in [0.1, 0.15) is 12.0 Å². The number of aliphatic hydroxyl groups is 1. The molecule has 0 saturated carbocycles. The lowest BCUT2D eigenvalue weighted by molar-refractivity contribution is 0.181. The Morgan fingerprint density at radius 3 is 3.05 bits per heavy atom. The summed E-state index contributed by atoms with van der Waals surface area (Å²) in [6.45, 7) is 2.66. The van der Waals surface area contributed by atoms with E-state index in [9.17, 15) is 5.11 Å². The van der Waals surface area contributed by atoms with Crippen LogP contribution >= 0.6 is 0 Å². The van der Waals surface area contributed by atoms with Gasteiger partial charge < -0.3 is 9.84 Å². The molecule has 19 heavy (non-hydrogen) atoms. The van der Waals surface area contributed by atoms with Gasteiger partial charge >= 0.3 is 0 Å². The second-order valence-corrected chi connectivity index (χ2v) is 5.00. The van der Waals surface area contributed by atoms with Gasteiger partial charge in [-0.25, -0.2) is 0 Å². The monoisotopic (exact) mass is 258 g/mol. The normalized spacial score (nSPS) is 18.9. The van der Waals surface area contributed by atoms with Crippen molar-refractivity contribution in [3.8, 4) is 11.1 Å². The highest BCUT2D eigenvalue weighted by Gasteiger charge is 2.16. The topological polar surface area (TPSA) is 47.3 Å². The van der Waals surface area contributed by atoms with Crippen molar-refractivity contribution in [2.24, 2.45) is 5.92 Å². The molecule has 100 valence electrons. The third kappa shape index (κ3) is 2.69. The fraction of sp³-hybridized carbons (Fsp3) is 0.400. The largest absolute Gasteiger partial charge is 0.392 e. The van der Waals surface area contributed by atoms with Gasteiger partial charge in [-0.15, -0.1) is 0 Å². The molecule has 1 N–H and O–H groups in total. The summed E-state index contributed by atoms with van der Waals surface area (Å²) >= 11 is 0. The number of aliphatic hydroxyl groups excluding tert-OH is 1. The second-order valence-electron chi connectivity index (χ2n) is 5.00. The van der Waals surface area contributed by atoms with Gasteiger partial charge in [-0.3, -0.25) is 4.68 Å². The van der Waals surface area contributed by atoms with Crippen LogP contribution in [0, 0.1) is 5.92 Å². The first-order chi connectivity index (χ1) is 9.36. The predicted molar refractivity (Wildman–Crippen MR) is 72.5 cm³/mol. The van der Waals surface area contributed by atoms with E-state index in [0.717, 1.165) is 42.9 Å². The smallest absolute Gasteiger partial charge is 0.0687 e. The maximum atomic E-state index is 9.37. The lowest BCUT2D eigenvalue weighted by Gasteiger charge is -2.07. The molecule has 0 amide bonds. The van der Waals surface area contributed by atoms with Gasteiger partial charge in [0.05, 0.1) is 19.4 Å². The lowest BCUT2D eigenvalue weighted by atomic mass is 10.0. The number of hydrogen-bond donors (Lipinski definition) is 1. The molecule has 0 radical (unpaired) electrons. The van der Waals surface area contributed by atoms with E-state index in [4.69, 9.17) is 4.74 Å². The molecular formula is C15H18N2O2. The Morgan fingerprint density at radius 2 is 2.26 bits per heavy atom. The first kappa shape index (κ1) is 12.4. The Labute approximate surface area is 112 Å². The van der Waals surface area contributed by atoms with Crippen molar-refractivity contribution in [2.45, 2.75) is 19.6 Å². The van der Waals surface area contributed by atoms with Crippen LogP contribution in [0.5, 0.6) is 0 Å². The van der Waals surface area contributed by atoms with Gasteiger partial charge in [0.2, 0.25) is 0 Å². The zero-order valence-corrected chi connectivity index (χ0v) is 10.8. The van der Waals surface area contributed by atoms with Crippen molar-refractivity contribution < 1.29 is 9.84 Å². The highest BCUT2D eigenvalue weighted by molar-refractivity contribution is 5.65. The molecule has 0 aliphatic carbocycles. The first-order valence-corrected chi connectivity index (χ1v) is 6.66. The Balaban J connectivity index is 1.80. The number of rotatable bonds is 4. The van der Waals surface area contributed by atoms with Crippen LogP contribution in [0.4, 0.5) is 0 Å². The van der Waals surface area contributed by atoms with Gasteiger partial charge in [0.15, 0.2) is 0 Å². The highest BCUT2D eigenvalue weighted by Crippen LogP contribution is 2.24. The third-order valence-corrected chi connectivity index (χ3v) is 3.60. The molecule has 2 aromatic rings. The van der Waals surface area contributed by atoms with E-state index in [0.29, 0.717) is 5.92 Å². The highest BCUT2D eigenvalue weighted by atomic mass is 16.5. The van der Waals surface area contributed by atoms with Gasteiger partial charge in [0, 0.05) is 30.8 Å². The molecule has 1 atom stereocenters. The summed E-state index contributed by atoms with van der Waals surface area (Å²) in [5, 5.41) is 13.8. The zero-order chi connectivity index (χ0) is 13.1. The number of benzene rings is 1. The van der Waals surface area contributed by atoms with Crippen LogP contribution in [-0.2, 0) is 17.9 Å².